The molecule has 0 aliphatic heterocycles. The monoisotopic (exact) mass is 415 g/mol. The van der Waals surface area contributed by atoms with Crippen LogP contribution in [0.15, 0.2) is 59.8 Å². The molecule has 0 atom stereocenters. The minimum absolute atomic E-state index is 0.0833. The largest absolute Gasteiger partial charge is 0.323 e. The normalized spacial score (nSPS) is 11.0. The Labute approximate surface area is 166 Å². The molecule has 0 bridgehead atoms. The van der Waals surface area contributed by atoms with Crippen LogP contribution in [0.5, 0.6) is 0 Å². The van der Waals surface area contributed by atoms with E-state index < -0.39 is 17.5 Å². The minimum Gasteiger partial charge on any atom is -0.323 e. The molecule has 4 rings (SSSR count). The van der Waals surface area contributed by atoms with E-state index >= 15 is 0 Å². The lowest BCUT2D eigenvalue weighted by Gasteiger charge is -2.06. The first-order valence-electron chi connectivity index (χ1n) is 8.36. The van der Waals surface area contributed by atoms with Gasteiger partial charge >= 0.3 is 0 Å². The van der Waals surface area contributed by atoms with Crippen LogP contribution in [0.1, 0.15) is 0 Å². The summed E-state index contributed by atoms with van der Waals surface area (Å²) in [4.78, 5) is 12.1. The first kappa shape index (κ1) is 18.9. The van der Waals surface area contributed by atoms with Crippen LogP contribution in [0.3, 0.4) is 0 Å². The zero-order valence-corrected chi connectivity index (χ0v) is 15.5. The van der Waals surface area contributed by atoms with Gasteiger partial charge in [-0.05, 0) is 48.5 Å². The summed E-state index contributed by atoms with van der Waals surface area (Å²) in [5.74, 6) is -2.51. The molecule has 0 unspecified atom stereocenters. The zero-order valence-electron chi connectivity index (χ0n) is 14.6. The van der Waals surface area contributed by atoms with Crippen LogP contribution in [0.4, 0.5) is 18.9 Å². The Bertz CT molecular complexity index is 1200. The summed E-state index contributed by atoms with van der Waals surface area (Å²) < 4.78 is 41.2. The summed E-state index contributed by atoms with van der Waals surface area (Å²) in [6, 6.07) is 12.2. The van der Waals surface area contributed by atoms with E-state index in [0.717, 1.165) is 23.9 Å². The van der Waals surface area contributed by atoms with E-state index in [4.69, 9.17) is 0 Å². The summed E-state index contributed by atoms with van der Waals surface area (Å²) in [7, 11) is 0. The van der Waals surface area contributed by atoms with Gasteiger partial charge in [-0.3, -0.25) is 4.79 Å². The second-order valence-corrected chi connectivity index (χ2v) is 6.88. The minimum atomic E-state index is -0.859. The summed E-state index contributed by atoms with van der Waals surface area (Å²) in [5, 5.41) is 15.2. The number of fused-ring (bicyclic) bond motifs is 1. The molecule has 29 heavy (non-hydrogen) atoms. The standard InChI is InChI=1S/C19H12F3N5OS/c20-12-3-1-11(2-4-12)15-7-8-17-24-25-19(27(17)26-15)29-10-18(28)23-16-6-5-13(21)9-14(16)22/h1-9H,10H2,(H,23,28). The highest BCUT2D eigenvalue weighted by molar-refractivity contribution is 7.99. The lowest BCUT2D eigenvalue weighted by atomic mass is 10.1. The molecule has 0 spiro atoms. The van der Waals surface area contributed by atoms with Crippen LogP contribution < -0.4 is 5.32 Å². The second kappa shape index (κ2) is 7.92. The Morgan fingerprint density at radius 3 is 2.48 bits per heavy atom. The van der Waals surface area contributed by atoms with Crippen LogP contribution in [0.25, 0.3) is 16.9 Å². The number of rotatable bonds is 5. The van der Waals surface area contributed by atoms with Crippen molar-refractivity contribution in [3.05, 3.63) is 72.0 Å². The van der Waals surface area contributed by atoms with Crippen molar-refractivity contribution in [1.82, 2.24) is 19.8 Å². The van der Waals surface area contributed by atoms with E-state index in [1.807, 2.05) is 0 Å². The van der Waals surface area contributed by atoms with Crippen LogP contribution >= 0.6 is 11.8 Å². The average Bonchev–Trinajstić information content (AvgIpc) is 3.11. The van der Waals surface area contributed by atoms with E-state index in [-0.39, 0.29) is 17.3 Å². The van der Waals surface area contributed by atoms with Gasteiger partial charge in [-0.15, -0.1) is 10.2 Å². The third-order valence-corrected chi connectivity index (χ3v) is 4.83. The molecule has 0 aliphatic rings. The lowest BCUT2D eigenvalue weighted by molar-refractivity contribution is -0.113. The molecule has 0 aliphatic carbocycles. The summed E-state index contributed by atoms with van der Waals surface area (Å²) >= 11 is 1.06. The van der Waals surface area contributed by atoms with E-state index in [1.54, 1.807) is 24.3 Å². The fourth-order valence-corrected chi connectivity index (χ4v) is 3.23. The van der Waals surface area contributed by atoms with Gasteiger partial charge in [0.1, 0.15) is 17.5 Å². The Morgan fingerprint density at radius 2 is 1.72 bits per heavy atom. The molecule has 0 fully saturated rings. The maximum Gasteiger partial charge on any atom is 0.234 e. The number of carbonyl (C=O) groups excluding carboxylic acids is 1. The van der Waals surface area contributed by atoms with Gasteiger partial charge < -0.3 is 5.32 Å². The molecule has 1 N–H and O–H groups in total. The first-order chi connectivity index (χ1) is 14.0. The van der Waals surface area contributed by atoms with Gasteiger partial charge in [-0.1, -0.05) is 11.8 Å². The van der Waals surface area contributed by atoms with Gasteiger partial charge in [0.15, 0.2) is 5.65 Å². The highest BCUT2D eigenvalue weighted by Gasteiger charge is 2.13. The Kier molecular flexibility index (Phi) is 5.17. The quantitative estimate of drug-likeness (QED) is 0.500. The lowest BCUT2D eigenvalue weighted by Crippen LogP contribution is -2.15. The van der Waals surface area contributed by atoms with Gasteiger partial charge in [-0.2, -0.15) is 9.61 Å². The van der Waals surface area contributed by atoms with Crippen molar-refractivity contribution < 1.29 is 18.0 Å². The Hall–Kier alpha value is -3.40. The molecular formula is C19H12F3N5OS. The van der Waals surface area contributed by atoms with Crippen molar-refractivity contribution in [2.45, 2.75) is 5.16 Å². The number of carbonyl (C=O) groups is 1. The van der Waals surface area contributed by atoms with Gasteiger partial charge in [0, 0.05) is 11.6 Å². The van der Waals surface area contributed by atoms with Gasteiger partial charge in [0.2, 0.25) is 11.1 Å². The zero-order chi connectivity index (χ0) is 20.4. The molecule has 146 valence electrons. The smallest absolute Gasteiger partial charge is 0.234 e. The molecule has 0 radical (unpaired) electrons. The van der Waals surface area contributed by atoms with Crippen molar-refractivity contribution in [2.24, 2.45) is 0 Å². The highest BCUT2D eigenvalue weighted by Crippen LogP contribution is 2.22. The molecule has 6 nitrogen and oxygen atoms in total. The van der Waals surface area contributed by atoms with Gasteiger partial charge in [0.25, 0.3) is 0 Å². The van der Waals surface area contributed by atoms with Crippen molar-refractivity contribution in [3.8, 4) is 11.3 Å². The number of aromatic nitrogens is 4. The average molecular weight is 415 g/mol. The number of amides is 1. The molecule has 0 saturated carbocycles. The van der Waals surface area contributed by atoms with Gasteiger partial charge in [0.05, 0.1) is 17.1 Å². The number of thioether (sulfide) groups is 1. The predicted molar refractivity (Wildman–Crippen MR) is 102 cm³/mol. The van der Waals surface area contributed by atoms with E-state index in [2.05, 4.69) is 20.6 Å². The fraction of sp³-hybridized carbons (Fsp3) is 0.0526. The second-order valence-electron chi connectivity index (χ2n) is 5.94. The number of anilines is 1. The molecule has 2 aromatic heterocycles. The first-order valence-corrected chi connectivity index (χ1v) is 9.34. The molecule has 2 heterocycles. The molecule has 10 heteroatoms. The number of hydrogen-bond donors (Lipinski definition) is 1. The predicted octanol–water partition coefficient (Wildman–Crippen LogP) is 3.94. The fourth-order valence-electron chi connectivity index (χ4n) is 2.54. The molecule has 1 amide bonds. The van der Waals surface area contributed by atoms with Crippen LogP contribution in [0, 0.1) is 17.5 Å². The van der Waals surface area contributed by atoms with Crippen LogP contribution in [-0.4, -0.2) is 31.5 Å². The molecular weight excluding hydrogens is 403 g/mol. The summed E-state index contributed by atoms with van der Waals surface area (Å²) in [5.41, 5.74) is 1.66. The van der Waals surface area contributed by atoms with Gasteiger partial charge in [-0.25, -0.2) is 13.2 Å². The van der Waals surface area contributed by atoms with Crippen LogP contribution in [-0.2, 0) is 4.79 Å². The van der Waals surface area contributed by atoms with Crippen LogP contribution in [0.2, 0.25) is 0 Å². The molecule has 2 aromatic carbocycles. The third-order valence-electron chi connectivity index (χ3n) is 3.91. The summed E-state index contributed by atoms with van der Waals surface area (Å²) in [6.45, 7) is 0. The third kappa shape index (κ3) is 4.21. The van der Waals surface area contributed by atoms with Crippen molar-refractivity contribution in [2.75, 3.05) is 11.1 Å². The molecule has 4 aromatic rings. The maximum atomic E-state index is 13.6. The Balaban J connectivity index is 1.49. The SMILES string of the molecule is O=C(CSc1nnc2ccc(-c3ccc(F)cc3)nn12)Nc1ccc(F)cc1F. The number of hydrogen-bond acceptors (Lipinski definition) is 5. The van der Waals surface area contributed by atoms with E-state index in [9.17, 15) is 18.0 Å². The van der Waals surface area contributed by atoms with Crippen molar-refractivity contribution in [1.29, 1.82) is 0 Å². The topological polar surface area (TPSA) is 72.2 Å². The Morgan fingerprint density at radius 1 is 0.966 bits per heavy atom. The molecule has 0 saturated heterocycles. The van der Waals surface area contributed by atoms with Crippen molar-refractivity contribution in [3.63, 3.8) is 0 Å². The number of halogens is 3. The van der Waals surface area contributed by atoms with E-state index in [0.29, 0.717) is 28.1 Å². The summed E-state index contributed by atoms with van der Waals surface area (Å²) in [6.07, 6.45) is 0. The maximum absolute atomic E-state index is 13.6. The number of nitrogens with zero attached hydrogens (tertiary/aromatic N) is 4. The number of benzene rings is 2. The highest BCUT2D eigenvalue weighted by atomic mass is 32.2. The number of nitrogens with one attached hydrogen (secondary N) is 1. The van der Waals surface area contributed by atoms with E-state index in [1.165, 1.54) is 16.6 Å². The van der Waals surface area contributed by atoms with Crippen molar-refractivity contribution >= 4 is 29.0 Å².